The van der Waals surface area contributed by atoms with Crippen molar-refractivity contribution in [3.05, 3.63) is 42.0 Å². The molecule has 0 radical (unpaired) electrons. The zero-order valence-corrected chi connectivity index (χ0v) is 10.4. The van der Waals surface area contributed by atoms with E-state index in [0.29, 0.717) is 0 Å². The van der Waals surface area contributed by atoms with E-state index in [1.165, 1.54) is 24.3 Å². The first kappa shape index (κ1) is 16.0. The maximum absolute atomic E-state index is 12.0. The van der Waals surface area contributed by atoms with Gasteiger partial charge >= 0.3 is 12.1 Å². The van der Waals surface area contributed by atoms with Crippen LogP contribution in [0, 0.1) is 0 Å². The third-order valence-corrected chi connectivity index (χ3v) is 2.12. The van der Waals surface area contributed by atoms with E-state index in [9.17, 15) is 18.0 Å². The van der Waals surface area contributed by atoms with Gasteiger partial charge in [0, 0.05) is 0 Å². The van der Waals surface area contributed by atoms with Crippen LogP contribution in [0.5, 0.6) is 5.75 Å². The zero-order chi connectivity index (χ0) is 15.2. The Hall–Kier alpha value is -2.02. The Morgan fingerprint density at radius 2 is 2.05 bits per heavy atom. The van der Waals surface area contributed by atoms with Gasteiger partial charge in [-0.25, -0.2) is 4.79 Å². The fourth-order valence-electron chi connectivity index (χ4n) is 1.39. The molecule has 0 spiro atoms. The Balaban J connectivity index is 2.80. The average molecular weight is 290 g/mol. The first-order valence-corrected chi connectivity index (χ1v) is 5.57. The maximum atomic E-state index is 12.0. The smallest absolute Gasteiger partial charge is 0.411 e. The molecule has 1 rings (SSSR count). The van der Waals surface area contributed by atoms with Crippen LogP contribution in [0.15, 0.2) is 30.9 Å². The molecule has 0 fully saturated rings. The number of aromatic carboxylic acids is 1. The summed E-state index contributed by atoms with van der Waals surface area (Å²) in [5.41, 5.74) is 0.199. The number of carboxylic acids is 1. The predicted octanol–water partition coefficient (Wildman–Crippen LogP) is 3.03. The molecule has 0 unspecified atom stereocenters. The molecule has 0 heterocycles. The first-order valence-electron chi connectivity index (χ1n) is 5.57. The topological polar surface area (TPSA) is 55.8 Å². The number of halogens is 3. The summed E-state index contributed by atoms with van der Waals surface area (Å²) in [6.45, 7) is 1.85. The van der Waals surface area contributed by atoms with Crippen molar-refractivity contribution in [2.24, 2.45) is 0 Å². The molecule has 4 nitrogen and oxygen atoms in total. The summed E-state index contributed by atoms with van der Waals surface area (Å²) in [5, 5.41) is 8.92. The Kier molecular flexibility index (Phi) is 5.57. The Labute approximate surface area is 113 Å². The summed E-state index contributed by atoms with van der Waals surface area (Å²) in [6, 6.07) is 3.94. The van der Waals surface area contributed by atoms with Crippen LogP contribution in [0.4, 0.5) is 13.2 Å². The van der Waals surface area contributed by atoms with Crippen molar-refractivity contribution in [2.45, 2.75) is 12.8 Å². The molecule has 0 bridgehead atoms. The number of ether oxygens (including phenoxy) is 2. The summed E-state index contributed by atoms with van der Waals surface area (Å²) < 4.78 is 45.5. The molecule has 1 aromatic rings. The second-order valence-corrected chi connectivity index (χ2v) is 3.88. The van der Waals surface area contributed by atoms with Gasteiger partial charge in [-0.15, -0.1) is 0 Å². The lowest BCUT2D eigenvalue weighted by atomic mass is 10.1. The molecule has 110 valence electrons. The van der Waals surface area contributed by atoms with Crippen LogP contribution in [0.1, 0.15) is 15.9 Å². The highest BCUT2D eigenvalue weighted by atomic mass is 19.4. The van der Waals surface area contributed by atoms with Gasteiger partial charge in [-0.3, -0.25) is 0 Å². The molecular formula is C13H13F3O4. The fraction of sp³-hybridized carbons (Fsp3) is 0.308. The van der Waals surface area contributed by atoms with Crippen LogP contribution >= 0.6 is 0 Å². The van der Waals surface area contributed by atoms with E-state index in [-0.39, 0.29) is 30.1 Å². The second kappa shape index (κ2) is 6.95. The summed E-state index contributed by atoms with van der Waals surface area (Å²) in [5.74, 6) is -0.971. The van der Waals surface area contributed by atoms with Crippen molar-refractivity contribution in [3.8, 4) is 5.75 Å². The van der Waals surface area contributed by atoms with Crippen LogP contribution in [0.2, 0.25) is 0 Å². The molecule has 0 aliphatic carbocycles. The number of hydrogen-bond donors (Lipinski definition) is 1. The van der Waals surface area contributed by atoms with Gasteiger partial charge in [0.1, 0.15) is 19.0 Å². The van der Waals surface area contributed by atoms with Crippen LogP contribution in [0.25, 0.3) is 0 Å². The lowest BCUT2D eigenvalue weighted by Gasteiger charge is -2.10. The molecule has 0 amide bonds. The molecule has 1 N–H and O–H groups in total. The molecule has 0 aliphatic heterocycles. The number of rotatable bonds is 7. The standard InChI is InChI=1S/C13H13F3O4/c1-2-3-20-11-5-9(4-10(6-11)12(17)18)7-19-8-13(14,15)16/h2,4-6H,1,3,7-8H2,(H,17,18). The minimum Gasteiger partial charge on any atom is -0.490 e. The predicted molar refractivity (Wildman–Crippen MR) is 64.8 cm³/mol. The minimum absolute atomic E-state index is 0.0860. The van der Waals surface area contributed by atoms with Gasteiger partial charge < -0.3 is 14.6 Å². The van der Waals surface area contributed by atoms with Crippen molar-refractivity contribution in [1.82, 2.24) is 0 Å². The van der Waals surface area contributed by atoms with E-state index in [2.05, 4.69) is 11.3 Å². The quantitative estimate of drug-likeness (QED) is 0.784. The summed E-state index contributed by atoms with van der Waals surface area (Å²) in [6.07, 6.45) is -2.96. The van der Waals surface area contributed by atoms with E-state index in [1.807, 2.05) is 0 Å². The Bertz CT molecular complexity index is 483. The van der Waals surface area contributed by atoms with Gasteiger partial charge in [-0.05, 0) is 23.8 Å². The van der Waals surface area contributed by atoms with Crippen molar-refractivity contribution in [2.75, 3.05) is 13.2 Å². The largest absolute Gasteiger partial charge is 0.490 e. The summed E-state index contributed by atoms with van der Waals surface area (Å²) in [4.78, 5) is 10.9. The third-order valence-electron chi connectivity index (χ3n) is 2.12. The molecule has 0 aliphatic rings. The lowest BCUT2D eigenvalue weighted by molar-refractivity contribution is -0.176. The average Bonchev–Trinajstić information content (AvgIpc) is 2.34. The molecule has 0 atom stereocenters. The van der Waals surface area contributed by atoms with Crippen molar-refractivity contribution >= 4 is 5.97 Å². The molecule has 1 aromatic carbocycles. The summed E-state index contributed by atoms with van der Waals surface area (Å²) >= 11 is 0. The highest BCUT2D eigenvalue weighted by molar-refractivity contribution is 5.88. The third kappa shape index (κ3) is 5.75. The van der Waals surface area contributed by atoms with Gasteiger partial charge in [0.15, 0.2) is 0 Å². The van der Waals surface area contributed by atoms with Gasteiger partial charge in [-0.1, -0.05) is 12.7 Å². The van der Waals surface area contributed by atoms with Crippen LogP contribution in [0.3, 0.4) is 0 Å². The first-order chi connectivity index (χ1) is 9.31. The molecule has 20 heavy (non-hydrogen) atoms. The minimum atomic E-state index is -4.42. The zero-order valence-electron chi connectivity index (χ0n) is 10.4. The van der Waals surface area contributed by atoms with Crippen LogP contribution < -0.4 is 4.74 Å². The number of carbonyl (C=O) groups is 1. The summed E-state index contributed by atoms with van der Waals surface area (Å²) in [7, 11) is 0. The number of hydrogen-bond acceptors (Lipinski definition) is 3. The van der Waals surface area contributed by atoms with Crippen molar-refractivity contribution in [1.29, 1.82) is 0 Å². The van der Waals surface area contributed by atoms with E-state index in [4.69, 9.17) is 9.84 Å². The maximum Gasteiger partial charge on any atom is 0.411 e. The molecule has 0 saturated carbocycles. The molecule has 0 aromatic heterocycles. The lowest BCUT2D eigenvalue weighted by Crippen LogP contribution is -2.16. The van der Waals surface area contributed by atoms with E-state index < -0.39 is 18.8 Å². The van der Waals surface area contributed by atoms with Crippen LogP contribution in [-0.2, 0) is 11.3 Å². The Morgan fingerprint density at radius 1 is 1.35 bits per heavy atom. The van der Waals surface area contributed by atoms with Crippen LogP contribution in [-0.4, -0.2) is 30.5 Å². The van der Waals surface area contributed by atoms with Gasteiger partial charge in [0.25, 0.3) is 0 Å². The number of carboxylic acid groups (broad SMARTS) is 1. The molecule has 0 saturated heterocycles. The van der Waals surface area contributed by atoms with Gasteiger partial charge in [-0.2, -0.15) is 13.2 Å². The second-order valence-electron chi connectivity index (χ2n) is 3.88. The fourth-order valence-corrected chi connectivity index (χ4v) is 1.39. The van der Waals surface area contributed by atoms with E-state index >= 15 is 0 Å². The molecule has 7 heteroatoms. The van der Waals surface area contributed by atoms with Gasteiger partial charge in [0.05, 0.1) is 12.2 Å². The number of benzene rings is 1. The normalized spacial score (nSPS) is 11.2. The highest BCUT2D eigenvalue weighted by Gasteiger charge is 2.27. The van der Waals surface area contributed by atoms with E-state index in [1.54, 1.807) is 0 Å². The highest BCUT2D eigenvalue weighted by Crippen LogP contribution is 2.20. The molecular weight excluding hydrogens is 277 g/mol. The van der Waals surface area contributed by atoms with E-state index in [0.717, 1.165) is 0 Å². The van der Waals surface area contributed by atoms with Crippen molar-refractivity contribution < 1.29 is 32.5 Å². The van der Waals surface area contributed by atoms with Crippen molar-refractivity contribution in [3.63, 3.8) is 0 Å². The monoisotopic (exact) mass is 290 g/mol. The number of alkyl halides is 3. The Morgan fingerprint density at radius 3 is 2.60 bits per heavy atom. The van der Waals surface area contributed by atoms with Gasteiger partial charge in [0.2, 0.25) is 0 Å². The SMILES string of the molecule is C=CCOc1cc(COCC(F)(F)F)cc(C(=O)O)c1.